The number of hydrogen-bond donors (Lipinski definition) is 0. The summed E-state index contributed by atoms with van der Waals surface area (Å²) >= 11 is 0. The summed E-state index contributed by atoms with van der Waals surface area (Å²) in [5, 5.41) is 0. The average Bonchev–Trinajstić information content (AvgIpc) is 2.16. The first-order valence-electron chi connectivity index (χ1n) is 4.63. The lowest BCUT2D eigenvalue weighted by Crippen LogP contribution is -2.04. The molecule has 0 aliphatic rings. The summed E-state index contributed by atoms with van der Waals surface area (Å²) in [5.74, 6) is 0.101. The van der Waals surface area contributed by atoms with Crippen LogP contribution in [0.4, 0.5) is 0 Å². The molecule has 1 aromatic carbocycles. The van der Waals surface area contributed by atoms with Crippen LogP contribution in [0, 0.1) is 0 Å². The van der Waals surface area contributed by atoms with E-state index in [2.05, 4.69) is 0 Å². The molecule has 1 aromatic rings. The third-order valence-corrected chi connectivity index (χ3v) is 2.43. The van der Waals surface area contributed by atoms with Crippen LogP contribution in [0.25, 0.3) is 0 Å². The minimum atomic E-state index is -0.0870. The molecule has 0 amide bonds. The number of carbonyl (C=O) groups is 2. The topological polar surface area (TPSA) is 34.1 Å². The Bertz CT molecular complexity index is 349. The van der Waals surface area contributed by atoms with Crippen molar-refractivity contribution in [1.29, 1.82) is 0 Å². The highest BCUT2D eigenvalue weighted by Gasteiger charge is 2.10. The Morgan fingerprint density at radius 3 is 1.93 bits per heavy atom. The van der Waals surface area contributed by atoms with E-state index >= 15 is 0 Å². The van der Waals surface area contributed by atoms with Crippen molar-refractivity contribution in [3.63, 3.8) is 0 Å². The highest BCUT2D eigenvalue weighted by atomic mass is 16.1. The summed E-state index contributed by atoms with van der Waals surface area (Å²) in [6.45, 7) is 4.97. The molecule has 0 bridgehead atoms. The second-order valence-corrected chi connectivity index (χ2v) is 3.51. The average molecular weight is 190 g/mol. The summed E-state index contributed by atoms with van der Waals surface area (Å²) in [6.07, 6.45) is 0. The van der Waals surface area contributed by atoms with Crippen LogP contribution in [0.5, 0.6) is 0 Å². The van der Waals surface area contributed by atoms with E-state index in [1.54, 1.807) is 19.1 Å². The normalized spacial score (nSPS) is 12.2. The molecule has 2 heteroatoms. The maximum absolute atomic E-state index is 11.1. The Kier molecular flexibility index (Phi) is 3.18. The van der Waals surface area contributed by atoms with E-state index in [0.29, 0.717) is 5.56 Å². The summed E-state index contributed by atoms with van der Waals surface area (Å²) < 4.78 is 0. The lowest BCUT2D eigenvalue weighted by Gasteiger charge is -2.07. The van der Waals surface area contributed by atoms with E-state index in [4.69, 9.17) is 0 Å². The molecular formula is C12H14O2. The standard InChI is InChI=1S/C12H14O2/c1-8(9(2)13)11-4-6-12(7-5-11)10(3)14/h4-8H,1-3H3. The molecule has 0 fully saturated rings. The molecule has 1 unspecified atom stereocenters. The Morgan fingerprint density at radius 1 is 1.07 bits per heavy atom. The molecule has 0 heterocycles. The van der Waals surface area contributed by atoms with Crippen LogP contribution in [0.15, 0.2) is 24.3 Å². The lowest BCUT2D eigenvalue weighted by molar-refractivity contribution is -0.118. The fraction of sp³-hybridized carbons (Fsp3) is 0.333. The Hall–Kier alpha value is -1.44. The second-order valence-electron chi connectivity index (χ2n) is 3.51. The number of Topliss-reactive ketones (excluding diaryl/α,β-unsaturated/α-hetero) is 2. The van der Waals surface area contributed by atoms with Crippen LogP contribution in [0.2, 0.25) is 0 Å². The molecule has 1 atom stereocenters. The van der Waals surface area contributed by atoms with E-state index in [0.717, 1.165) is 5.56 Å². The zero-order valence-corrected chi connectivity index (χ0v) is 8.70. The zero-order valence-electron chi connectivity index (χ0n) is 8.70. The van der Waals surface area contributed by atoms with Gasteiger partial charge in [0.1, 0.15) is 5.78 Å². The monoisotopic (exact) mass is 190 g/mol. The highest BCUT2D eigenvalue weighted by molar-refractivity contribution is 5.94. The molecule has 0 spiro atoms. The van der Waals surface area contributed by atoms with Crippen LogP contribution in [0.3, 0.4) is 0 Å². The van der Waals surface area contributed by atoms with Crippen molar-refractivity contribution in [2.24, 2.45) is 0 Å². The molecular weight excluding hydrogens is 176 g/mol. The molecule has 2 nitrogen and oxygen atoms in total. The van der Waals surface area contributed by atoms with Gasteiger partial charge >= 0.3 is 0 Å². The van der Waals surface area contributed by atoms with Crippen molar-refractivity contribution < 1.29 is 9.59 Å². The van der Waals surface area contributed by atoms with Gasteiger partial charge in [-0.05, 0) is 19.4 Å². The van der Waals surface area contributed by atoms with Gasteiger partial charge in [0.2, 0.25) is 0 Å². The van der Waals surface area contributed by atoms with E-state index in [1.165, 1.54) is 6.92 Å². The van der Waals surface area contributed by atoms with Crippen molar-refractivity contribution >= 4 is 11.6 Å². The number of benzene rings is 1. The van der Waals surface area contributed by atoms with Crippen molar-refractivity contribution in [2.75, 3.05) is 0 Å². The van der Waals surface area contributed by atoms with Gasteiger partial charge in [-0.15, -0.1) is 0 Å². The molecule has 0 aliphatic heterocycles. The van der Waals surface area contributed by atoms with Gasteiger partial charge in [-0.2, -0.15) is 0 Å². The van der Waals surface area contributed by atoms with Gasteiger partial charge in [0.15, 0.2) is 5.78 Å². The highest BCUT2D eigenvalue weighted by Crippen LogP contribution is 2.16. The van der Waals surface area contributed by atoms with Gasteiger partial charge in [0.05, 0.1) is 0 Å². The Morgan fingerprint density at radius 2 is 1.57 bits per heavy atom. The van der Waals surface area contributed by atoms with Crippen LogP contribution < -0.4 is 0 Å². The Balaban J connectivity index is 2.94. The van der Waals surface area contributed by atoms with Crippen LogP contribution in [0.1, 0.15) is 42.6 Å². The predicted molar refractivity (Wildman–Crippen MR) is 55.5 cm³/mol. The van der Waals surface area contributed by atoms with E-state index < -0.39 is 0 Å². The lowest BCUT2D eigenvalue weighted by atomic mass is 9.96. The first kappa shape index (κ1) is 10.6. The molecule has 0 aliphatic carbocycles. The fourth-order valence-corrected chi connectivity index (χ4v) is 1.24. The minimum absolute atomic E-state index is 0.0482. The maximum atomic E-state index is 11.1. The number of hydrogen-bond acceptors (Lipinski definition) is 2. The number of ketones is 2. The van der Waals surface area contributed by atoms with Gasteiger partial charge in [0.25, 0.3) is 0 Å². The van der Waals surface area contributed by atoms with Gasteiger partial charge < -0.3 is 0 Å². The van der Waals surface area contributed by atoms with Crippen LogP contribution in [-0.4, -0.2) is 11.6 Å². The first-order chi connectivity index (χ1) is 6.52. The van der Waals surface area contributed by atoms with E-state index in [1.807, 2.05) is 19.1 Å². The minimum Gasteiger partial charge on any atom is -0.299 e. The molecule has 14 heavy (non-hydrogen) atoms. The summed E-state index contributed by atoms with van der Waals surface area (Å²) in [7, 11) is 0. The molecule has 74 valence electrons. The summed E-state index contributed by atoms with van der Waals surface area (Å²) in [5.41, 5.74) is 1.65. The predicted octanol–water partition coefficient (Wildman–Crippen LogP) is 2.58. The van der Waals surface area contributed by atoms with Crippen molar-refractivity contribution in [3.8, 4) is 0 Å². The maximum Gasteiger partial charge on any atom is 0.159 e. The smallest absolute Gasteiger partial charge is 0.159 e. The molecule has 0 radical (unpaired) electrons. The molecule has 0 saturated heterocycles. The van der Waals surface area contributed by atoms with E-state index in [9.17, 15) is 9.59 Å². The molecule has 0 N–H and O–H groups in total. The third kappa shape index (κ3) is 2.28. The largest absolute Gasteiger partial charge is 0.299 e. The van der Waals surface area contributed by atoms with Gasteiger partial charge in [-0.3, -0.25) is 9.59 Å². The van der Waals surface area contributed by atoms with E-state index in [-0.39, 0.29) is 17.5 Å². The summed E-state index contributed by atoms with van der Waals surface area (Å²) in [6, 6.07) is 7.19. The third-order valence-electron chi connectivity index (χ3n) is 2.43. The van der Waals surface area contributed by atoms with Gasteiger partial charge in [0, 0.05) is 11.5 Å². The molecule has 1 rings (SSSR count). The van der Waals surface area contributed by atoms with Gasteiger partial charge in [-0.1, -0.05) is 31.2 Å². The zero-order chi connectivity index (χ0) is 10.7. The quantitative estimate of drug-likeness (QED) is 0.686. The number of rotatable bonds is 3. The van der Waals surface area contributed by atoms with Crippen molar-refractivity contribution in [3.05, 3.63) is 35.4 Å². The Labute approximate surface area is 83.9 Å². The molecule has 0 saturated carbocycles. The molecule has 0 aromatic heterocycles. The van der Waals surface area contributed by atoms with Crippen molar-refractivity contribution in [1.82, 2.24) is 0 Å². The number of carbonyl (C=O) groups excluding carboxylic acids is 2. The van der Waals surface area contributed by atoms with Gasteiger partial charge in [-0.25, -0.2) is 0 Å². The summed E-state index contributed by atoms with van der Waals surface area (Å²) in [4.78, 5) is 22.1. The van der Waals surface area contributed by atoms with Crippen LogP contribution in [-0.2, 0) is 4.79 Å². The first-order valence-corrected chi connectivity index (χ1v) is 4.63. The van der Waals surface area contributed by atoms with Crippen LogP contribution >= 0.6 is 0 Å². The van der Waals surface area contributed by atoms with Crippen molar-refractivity contribution in [2.45, 2.75) is 26.7 Å². The SMILES string of the molecule is CC(=O)c1ccc(C(C)C(C)=O)cc1. The second kappa shape index (κ2) is 4.18. The fourth-order valence-electron chi connectivity index (χ4n) is 1.24.